The first kappa shape index (κ1) is 31.1. The Morgan fingerprint density at radius 2 is 1.90 bits per heavy atom. The van der Waals surface area contributed by atoms with E-state index in [1.165, 1.54) is 44.6 Å². The first-order valence-corrected chi connectivity index (χ1v) is 14.0. The number of hydrogen-bond donors (Lipinski definition) is 2. The Morgan fingerprint density at radius 3 is 2.52 bits per heavy atom. The molecule has 3 unspecified atom stereocenters. The van der Waals surface area contributed by atoms with Crippen molar-refractivity contribution < 1.29 is 37.0 Å². The summed E-state index contributed by atoms with van der Waals surface area (Å²) < 4.78 is 55.6. The minimum Gasteiger partial charge on any atom is -0.497 e. The van der Waals surface area contributed by atoms with E-state index in [2.05, 4.69) is 29.0 Å². The van der Waals surface area contributed by atoms with Crippen molar-refractivity contribution >= 4 is 44.2 Å². The van der Waals surface area contributed by atoms with Crippen molar-refractivity contribution in [1.29, 1.82) is 0 Å². The van der Waals surface area contributed by atoms with Gasteiger partial charge in [-0.2, -0.15) is 13.2 Å². The summed E-state index contributed by atoms with van der Waals surface area (Å²) in [5.41, 5.74) is 0.0511. The number of carbonyl (C=O) groups excluding carboxylic acids is 2. The molecule has 0 bridgehead atoms. The molecule has 4 rings (SSSR count). The molecule has 1 aromatic heterocycles. The second kappa shape index (κ2) is 12.6. The van der Waals surface area contributed by atoms with Gasteiger partial charge >= 0.3 is 6.18 Å². The maximum atomic E-state index is 13.8. The summed E-state index contributed by atoms with van der Waals surface area (Å²) in [6.45, 7) is 7.16. The lowest BCUT2D eigenvalue weighted by Gasteiger charge is -2.46. The summed E-state index contributed by atoms with van der Waals surface area (Å²) in [7, 11) is 4.52. The van der Waals surface area contributed by atoms with E-state index in [-0.39, 0.29) is 28.9 Å². The number of hydrogen-bond acceptors (Lipinski definition) is 8. The summed E-state index contributed by atoms with van der Waals surface area (Å²) in [5.74, 6) is -0.589. The fourth-order valence-electron chi connectivity index (χ4n) is 4.96. The number of benzene rings is 2. The van der Waals surface area contributed by atoms with Crippen molar-refractivity contribution in [3.63, 3.8) is 0 Å². The van der Waals surface area contributed by atoms with E-state index in [4.69, 9.17) is 19.2 Å². The van der Waals surface area contributed by atoms with Crippen molar-refractivity contribution in [1.82, 2.24) is 10.3 Å². The van der Waals surface area contributed by atoms with Crippen LogP contribution in [0.3, 0.4) is 0 Å². The number of halogens is 3. The lowest BCUT2D eigenvalue weighted by atomic mass is 9.96. The predicted octanol–water partition coefficient (Wildman–Crippen LogP) is 5.81. The fraction of sp³-hybridized carbons (Fsp3) is 0.414. The Labute approximate surface area is 245 Å². The number of thiazole rings is 1. The number of rotatable bonds is 11. The molecule has 3 aromatic rings. The number of nitrogens with zero attached hydrogens (tertiary/aromatic N) is 2. The van der Waals surface area contributed by atoms with Crippen molar-refractivity contribution in [2.75, 3.05) is 38.2 Å². The molecule has 2 heterocycles. The van der Waals surface area contributed by atoms with Crippen LogP contribution in [-0.2, 0) is 4.74 Å². The van der Waals surface area contributed by atoms with Crippen LogP contribution in [0.25, 0.3) is 10.2 Å². The number of nitrogens with one attached hydrogen (secondary N) is 2. The van der Waals surface area contributed by atoms with E-state index in [0.29, 0.717) is 28.3 Å². The number of ether oxygens (including phenoxy) is 3. The number of anilines is 2. The smallest absolute Gasteiger partial charge is 0.412 e. The molecular formula is C29H33F3N4O5S. The zero-order chi connectivity index (χ0) is 30.8. The molecule has 2 N–H and O–H groups in total. The van der Waals surface area contributed by atoms with E-state index in [0.717, 1.165) is 11.6 Å². The molecule has 1 saturated heterocycles. The van der Waals surface area contributed by atoms with E-state index in [1.54, 1.807) is 25.3 Å². The van der Waals surface area contributed by atoms with Gasteiger partial charge in [0.15, 0.2) is 5.13 Å². The molecule has 1 aliphatic heterocycles. The molecule has 2 aromatic carbocycles. The van der Waals surface area contributed by atoms with Crippen LogP contribution in [0, 0.1) is 0 Å². The van der Waals surface area contributed by atoms with Crippen molar-refractivity contribution in [3.05, 3.63) is 53.6 Å². The monoisotopic (exact) mass is 606 g/mol. The number of methoxy groups -OCH3 is 3. The predicted molar refractivity (Wildman–Crippen MR) is 156 cm³/mol. The summed E-state index contributed by atoms with van der Waals surface area (Å²) in [5, 5.41) is 6.09. The minimum atomic E-state index is -4.57. The van der Waals surface area contributed by atoms with E-state index in [1.807, 2.05) is 0 Å². The normalized spacial score (nSPS) is 17.4. The highest BCUT2D eigenvalue weighted by Gasteiger charge is 2.38. The third kappa shape index (κ3) is 6.46. The second-order valence-corrected chi connectivity index (χ2v) is 11.1. The highest BCUT2D eigenvalue weighted by atomic mass is 32.1. The summed E-state index contributed by atoms with van der Waals surface area (Å²) in [6, 6.07) is 7.46. The fourth-order valence-corrected chi connectivity index (χ4v) is 6.23. The van der Waals surface area contributed by atoms with E-state index in [9.17, 15) is 22.8 Å². The minimum absolute atomic E-state index is 0.0140. The molecule has 0 saturated carbocycles. The Bertz CT molecular complexity index is 1490. The van der Waals surface area contributed by atoms with Crippen molar-refractivity contribution in [3.8, 4) is 11.5 Å². The summed E-state index contributed by atoms with van der Waals surface area (Å²) in [4.78, 5) is 33.9. The van der Waals surface area contributed by atoms with Gasteiger partial charge in [-0.05, 0) is 57.0 Å². The molecule has 9 nitrogen and oxygen atoms in total. The van der Waals surface area contributed by atoms with Gasteiger partial charge in [0.25, 0.3) is 11.8 Å². The highest BCUT2D eigenvalue weighted by molar-refractivity contribution is 7.22. The zero-order valence-electron chi connectivity index (χ0n) is 23.9. The van der Waals surface area contributed by atoms with Crippen molar-refractivity contribution in [2.45, 2.75) is 51.0 Å². The van der Waals surface area contributed by atoms with Crippen LogP contribution in [0.4, 0.5) is 24.0 Å². The maximum absolute atomic E-state index is 13.8. The van der Waals surface area contributed by atoms with Crippen molar-refractivity contribution in [2.24, 2.45) is 0 Å². The summed E-state index contributed by atoms with van der Waals surface area (Å²) >= 11 is 1.36. The Kier molecular flexibility index (Phi) is 9.31. The third-order valence-electron chi connectivity index (χ3n) is 7.07. The Hall–Kier alpha value is -3.84. The van der Waals surface area contributed by atoms with Crippen LogP contribution in [0.15, 0.2) is 42.5 Å². The van der Waals surface area contributed by atoms with Gasteiger partial charge < -0.3 is 29.7 Å². The number of amides is 2. The quantitative estimate of drug-likeness (QED) is 0.266. The molecule has 226 valence electrons. The molecular weight excluding hydrogens is 573 g/mol. The lowest BCUT2D eigenvalue weighted by Crippen LogP contribution is -2.56. The average molecular weight is 607 g/mol. The van der Waals surface area contributed by atoms with Gasteiger partial charge in [0.05, 0.1) is 48.3 Å². The number of alkyl halides is 3. The van der Waals surface area contributed by atoms with Crippen LogP contribution in [0.5, 0.6) is 11.5 Å². The van der Waals surface area contributed by atoms with Crippen LogP contribution in [-0.4, -0.2) is 69.0 Å². The zero-order valence-corrected chi connectivity index (χ0v) is 24.7. The first-order valence-electron chi connectivity index (χ1n) is 13.2. The van der Waals surface area contributed by atoms with Crippen LogP contribution < -0.4 is 25.0 Å². The van der Waals surface area contributed by atoms with Gasteiger partial charge in [-0.25, -0.2) is 4.98 Å². The Balaban J connectivity index is 1.64. The van der Waals surface area contributed by atoms with Gasteiger partial charge in [-0.3, -0.25) is 9.59 Å². The van der Waals surface area contributed by atoms with Gasteiger partial charge in [0.2, 0.25) is 0 Å². The average Bonchev–Trinajstić information content (AvgIpc) is 3.34. The van der Waals surface area contributed by atoms with Gasteiger partial charge in [-0.15, -0.1) is 0 Å². The lowest BCUT2D eigenvalue weighted by molar-refractivity contribution is -0.0941. The van der Waals surface area contributed by atoms with Gasteiger partial charge in [0.1, 0.15) is 17.1 Å². The molecule has 2 amide bonds. The molecule has 1 aliphatic rings. The van der Waals surface area contributed by atoms with Gasteiger partial charge in [-0.1, -0.05) is 17.9 Å². The molecule has 42 heavy (non-hydrogen) atoms. The standard InChI is InChI=1S/C29H33F3N4O5S/c1-15(29(30,31)32)11-16(2)33-26(37)20-13-19(40-5)7-8-21(20)34-27(38)24-23(41-6)10-9-22-25(24)42-28(35-22)36-17(3)12-18(36)14-39-4/h7-10,13,16-18H,1,11-12,14H2,2-6H3,(H,33,37)(H,34,38). The van der Waals surface area contributed by atoms with E-state index < -0.39 is 36.0 Å². The Morgan fingerprint density at radius 1 is 1.17 bits per heavy atom. The third-order valence-corrected chi connectivity index (χ3v) is 8.17. The molecule has 0 aliphatic carbocycles. The molecule has 1 fully saturated rings. The largest absolute Gasteiger partial charge is 0.497 e. The second-order valence-electron chi connectivity index (χ2n) is 10.1. The maximum Gasteiger partial charge on any atom is 0.412 e. The topological polar surface area (TPSA) is 102 Å². The number of fused-ring (bicyclic) bond motifs is 1. The highest BCUT2D eigenvalue weighted by Crippen LogP contribution is 2.41. The van der Waals surface area contributed by atoms with Crippen LogP contribution in [0.1, 0.15) is 47.4 Å². The number of aromatic nitrogens is 1. The van der Waals surface area contributed by atoms with Crippen LogP contribution in [0.2, 0.25) is 0 Å². The van der Waals surface area contributed by atoms with Crippen LogP contribution >= 0.6 is 11.3 Å². The van der Waals surface area contributed by atoms with E-state index >= 15 is 0 Å². The summed E-state index contributed by atoms with van der Waals surface area (Å²) in [6.07, 6.45) is -4.09. The molecule has 3 atom stereocenters. The molecule has 13 heteroatoms. The molecule has 0 spiro atoms. The molecule has 0 radical (unpaired) electrons. The first-order chi connectivity index (χ1) is 19.9. The van der Waals surface area contributed by atoms with Gasteiger partial charge in [0, 0.05) is 24.8 Å². The number of carbonyl (C=O) groups is 2. The SMILES string of the molecule is C=C(CC(C)NC(=O)c1cc(OC)ccc1NC(=O)c1c(OC)ccc2nc(N3C(C)CC3COC)sc12)C(F)(F)F.